The van der Waals surface area contributed by atoms with E-state index in [2.05, 4.69) is 10.3 Å². The molecule has 6 nitrogen and oxygen atoms in total. The summed E-state index contributed by atoms with van der Waals surface area (Å²) in [7, 11) is 0. The van der Waals surface area contributed by atoms with E-state index in [4.69, 9.17) is 9.47 Å². The molecule has 134 valence electrons. The molecule has 0 aromatic carbocycles. The molecule has 0 aliphatic carbocycles. The van der Waals surface area contributed by atoms with Crippen LogP contribution in [-0.4, -0.2) is 36.3 Å². The summed E-state index contributed by atoms with van der Waals surface area (Å²) >= 11 is 0. The fourth-order valence-corrected chi connectivity index (χ4v) is 2.94. The highest BCUT2D eigenvalue weighted by molar-refractivity contribution is 5.81. The second-order valence-corrected chi connectivity index (χ2v) is 6.79. The van der Waals surface area contributed by atoms with Crippen molar-refractivity contribution in [1.82, 2.24) is 10.3 Å². The predicted molar refractivity (Wildman–Crippen MR) is 91.9 cm³/mol. The van der Waals surface area contributed by atoms with Crippen LogP contribution >= 0.6 is 0 Å². The third-order valence-electron chi connectivity index (χ3n) is 4.28. The Morgan fingerprint density at radius 2 is 2.21 bits per heavy atom. The van der Waals surface area contributed by atoms with Crippen LogP contribution in [0.25, 0.3) is 0 Å². The molecule has 2 heterocycles. The van der Waals surface area contributed by atoms with Gasteiger partial charge in [-0.25, -0.2) is 0 Å². The van der Waals surface area contributed by atoms with Crippen molar-refractivity contribution < 1.29 is 14.3 Å². The summed E-state index contributed by atoms with van der Waals surface area (Å²) in [6, 6.07) is 1.90. The van der Waals surface area contributed by atoms with Crippen LogP contribution in [0.4, 0.5) is 0 Å². The van der Waals surface area contributed by atoms with Gasteiger partial charge in [0.2, 0.25) is 5.91 Å². The summed E-state index contributed by atoms with van der Waals surface area (Å²) in [6.07, 6.45) is 1.56. The monoisotopic (exact) mass is 336 g/mol. The molecule has 6 heteroatoms. The van der Waals surface area contributed by atoms with Crippen LogP contribution in [0.15, 0.2) is 10.9 Å². The molecule has 0 bridgehead atoms. The van der Waals surface area contributed by atoms with Gasteiger partial charge in [0, 0.05) is 24.4 Å². The summed E-state index contributed by atoms with van der Waals surface area (Å²) < 4.78 is 11.3. The number of aryl methyl sites for hydroxylation is 2. The molecule has 0 radical (unpaired) electrons. The van der Waals surface area contributed by atoms with Gasteiger partial charge < -0.3 is 19.8 Å². The summed E-state index contributed by atoms with van der Waals surface area (Å²) in [5, 5.41) is 2.83. The van der Waals surface area contributed by atoms with E-state index in [0.717, 1.165) is 30.7 Å². The van der Waals surface area contributed by atoms with Crippen LogP contribution in [0, 0.1) is 19.8 Å². The van der Waals surface area contributed by atoms with E-state index in [1.165, 1.54) is 0 Å². The molecule has 0 spiro atoms. The average Bonchev–Trinajstić information content (AvgIpc) is 2.99. The van der Waals surface area contributed by atoms with Gasteiger partial charge in [-0.05, 0) is 44.2 Å². The lowest BCUT2D eigenvalue weighted by atomic mass is 10.1. The van der Waals surface area contributed by atoms with Gasteiger partial charge in [0.25, 0.3) is 5.56 Å². The number of carbonyl (C=O) groups excluding carboxylic acids is 1. The molecule has 1 aromatic heterocycles. The van der Waals surface area contributed by atoms with Crippen molar-refractivity contribution in [2.24, 2.45) is 5.92 Å². The third-order valence-corrected chi connectivity index (χ3v) is 4.28. The van der Waals surface area contributed by atoms with Crippen molar-refractivity contribution in [3.63, 3.8) is 0 Å². The summed E-state index contributed by atoms with van der Waals surface area (Å²) in [5.41, 5.74) is 2.11. The van der Waals surface area contributed by atoms with E-state index < -0.39 is 6.10 Å². The number of aromatic amines is 1. The number of ether oxygens (including phenoxy) is 2. The van der Waals surface area contributed by atoms with Gasteiger partial charge in [-0.2, -0.15) is 0 Å². The molecule has 1 saturated heterocycles. The largest absolute Gasteiger partial charge is 0.376 e. The minimum absolute atomic E-state index is 0.0452. The van der Waals surface area contributed by atoms with Crippen molar-refractivity contribution in [3.8, 4) is 0 Å². The Hall–Kier alpha value is -1.66. The molecule has 1 fully saturated rings. The highest BCUT2D eigenvalue weighted by Gasteiger charge is 2.26. The van der Waals surface area contributed by atoms with Crippen LogP contribution in [-0.2, 0) is 20.8 Å². The number of carbonyl (C=O) groups is 1. The first-order valence-electron chi connectivity index (χ1n) is 8.58. The third kappa shape index (κ3) is 4.92. The topological polar surface area (TPSA) is 80.4 Å². The smallest absolute Gasteiger partial charge is 0.253 e. The number of hydrogen-bond donors (Lipinski definition) is 2. The molecule has 0 unspecified atom stereocenters. The van der Waals surface area contributed by atoms with E-state index in [9.17, 15) is 9.59 Å². The zero-order valence-electron chi connectivity index (χ0n) is 15.0. The Morgan fingerprint density at radius 3 is 2.79 bits per heavy atom. The molecule has 24 heavy (non-hydrogen) atoms. The van der Waals surface area contributed by atoms with Crippen molar-refractivity contribution in [3.05, 3.63) is 33.2 Å². The fraction of sp³-hybridized carbons (Fsp3) is 0.667. The van der Waals surface area contributed by atoms with E-state index in [-0.39, 0.29) is 30.0 Å². The number of hydrogen-bond acceptors (Lipinski definition) is 4. The van der Waals surface area contributed by atoms with Crippen molar-refractivity contribution in [1.29, 1.82) is 0 Å². The SMILES string of the molecule is Cc1cc(C)c(CNC(=O)[C@H](OC[C@H]2CCCO2)C(C)C)c(=O)[nH]1. The molecular weight excluding hydrogens is 308 g/mol. The van der Waals surface area contributed by atoms with E-state index >= 15 is 0 Å². The van der Waals surface area contributed by atoms with Crippen LogP contribution in [0.2, 0.25) is 0 Å². The number of nitrogens with one attached hydrogen (secondary N) is 2. The summed E-state index contributed by atoms with van der Waals surface area (Å²) in [5.74, 6) is -0.147. The molecular formula is C18H28N2O4. The molecule has 1 aromatic rings. The highest BCUT2D eigenvalue weighted by Crippen LogP contribution is 2.15. The van der Waals surface area contributed by atoms with Crippen LogP contribution in [0.5, 0.6) is 0 Å². The summed E-state index contributed by atoms with van der Waals surface area (Å²) in [6.45, 7) is 9.00. The van der Waals surface area contributed by atoms with Gasteiger partial charge in [-0.15, -0.1) is 0 Å². The molecule has 2 rings (SSSR count). The Bertz CT molecular complexity index is 618. The van der Waals surface area contributed by atoms with Crippen molar-refractivity contribution in [2.75, 3.05) is 13.2 Å². The van der Waals surface area contributed by atoms with Crippen LogP contribution in [0.3, 0.4) is 0 Å². The number of H-pyrrole nitrogens is 1. The molecule has 1 amide bonds. The minimum Gasteiger partial charge on any atom is -0.376 e. The molecule has 1 aliphatic heterocycles. The average molecular weight is 336 g/mol. The van der Waals surface area contributed by atoms with Gasteiger partial charge in [-0.1, -0.05) is 13.8 Å². The zero-order valence-corrected chi connectivity index (χ0v) is 15.0. The zero-order chi connectivity index (χ0) is 17.7. The highest BCUT2D eigenvalue weighted by atomic mass is 16.5. The fourth-order valence-electron chi connectivity index (χ4n) is 2.94. The summed E-state index contributed by atoms with van der Waals surface area (Å²) in [4.78, 5) is 27.2. The van der Waals surface area contributed by atoms with Gasteiger partial charge >= 0.3 is 0 Å². The number of pyridine rings is 1. The number of amides is 1. The van der Waals surface area contributed by atoms with Crippen LogP contribution < -0.4 is 10.9 Å². The van der Waals surface area contributed by atoms with Gasteiger partial charge in [0.15, 0.2) is 0 Å². The van der Waals surface area contributed by atoms with E-state index in [1.807, 2.05) is 33.8 Å². The normalized spacial score (nSPS) is 18.8. The first-order valence-corrected chi connectivity index (χ1v) is 8.58. The predicted octanol–water partition coefficient (Wildman–Crippen LogP) is 1.83. The molecule has 2 atom stereocenters. The minimum atomic E-state index is -0.543. The Balaban J connectivity index is 1.94. The lowest BCUT2D eigenvalue weighted by Crippen LogP contribution is -2.41. The molecule has 2 N–H and O–H groups in total. The van der Waals surface area contributed by atoms with Gasteiger partial charge in [-0.3, -0.25) is 9.59 Å². The van der Waals surface area contributed by atoms with Crippen LogP contribution in [0.1, 0.15) is 43.5 Å². The quantitative estimate of drug-likeness (QED) is 0.796. The number of aromatic nitrogens is 1. The van der Waals surface area contributed by atoms with Crippen molar-refractivity contribution >= 4 is 5.91 Å². The Kier molecular flexibility index (Phi) is 6.57. The maximum absolute atomic E-state index is 12.5. The van der Waals surface area contributed by atoms with Gasteiger partial charge in [0.1, 0.15) is 6.10 Å². The second kappa shape index (κ2) is 8.44. The lowest BCUT2D eigenvalue weighted by molar-refractivity contribution is -0.138. The van der Waals surface area contributed by atoms with E-state index in [0.29, 0.717) is 12.2 Å². The lowest BCUT2D eigenvalue weighted by Gasteiger charge is -2.22. The molecule has 0 saturated carbocycles. The first-order chi connectivity index (χ1) is 11.4. The number of rotatable bonds is 7. The van der Waals surface area contributed by atoms with E-state index in [1.54, 1.807) is 0 Å². The maximum atomic E-state index is 12.5. The second-order valence-electron chi connectivity index (χ2n) is 6.79. The molecule has 1 aliphatic rings. The Morgan fingerprint density at radius 1 is 1.46 bits per heavy atom. The Labute approximate surface area is 142 Å². The standard InChI is InChI=1S/C18H28N2O4/c1-11(2)16(24-10-14-6-5-7-23-14)18(22)19-9-15-12(3)8-13(4)20-17(15)21/h8,11,14,16H,5-7,9-10H2,1-4H3,(H,19,22)(H,20,21)/t14-,16-/m1/s1. The first kappa shape index (κ1) is 18.7. The maximum Gasteiger partial charge on any atom is 0.253 e. The van der Waals surface area contributed by atoms with Gasteiger partial charge in [0.05, 0.1) is 12.7 Å². The van der Waals surface area contributed by atoms with Crippen molar-refractivity contribution in [2.45, 2.75) is 59.3 Å².